The summed E-state index contributed by atoms with van der Waals surface area (Å²) >= 11 is 1.11. The lowest BCUT2D eigenvalue weighted by Crippen LogP contribution is -2.38. The van der Waals surface area contributed by atoms with E-state index in [9.17, 15) is 18.0 Å². The van der Waals surface area contributed by atoms with Crippen LogP contribution >= 0.6 is 11.3 Å². The number of hydrogen-bond donors (Lipinski definition) is 1. The van der Waals surface area contributed by atoms with Crippen LogP contribution in [0, 0.1) is 0 Å². The molecule has 2 heterocycles. The molecule has 1 aliphatic heterocycles. The van der Waals surface area contributed by atoms with Gasteiger partial charge in [0, 0.05) is 11.6 Å². The Labute approximate surface area is 166 Å². The number of nitrogen functional groups attached to an aromatic ring is 1. The first-order valence-corrected chi connectivity index (χ1v) is 11.3. The Balaban J connectivity index is 2.10. The number of anilines is 1. The smallest absolute Gasteiger partial charge is 0.265 e. The average Bonchev–Trinajstić information content (AvgIpc) is 3.12. The van der Waals surface area contributed by atoms with Crippen molar-refractivity contribution in [2.45, 2.75) is 13.0 Å². The molecule has 0 fully saturated rings. The fraction of sp³-hybridized carbons (Fsp3) is 0.333. The predicted molar refractivity (Wildman–Crippen MR) is 106 cm³/mol. The van der Waals surface area contributed by atoms with Crippen molar-refractivity contribution in [3.8, 4) is 11.5 Å². The van der Waals surface area contributed by atoms with Crippen molar-refractivity contribution in [2.75, 3.05) is 31.5 Å². The molecule has 0 aliphatic carbocycles. The van der Waals surface area contributed by atoms with Gasteiger partial charge in [0.2, 0.25) is 0 Å². The van der Waals surface area contributed by atoms with Crippen LogP contribution in [0.4, 0.5) is 5.00 Å². The molecule has 10 heteroatoms. The van der Waals surface area contributed by atoms with Crippen LogP contribution < -0.4 is 15.2 Å². The van der Waals surface area contributed by atoms with Crippen LogP contribution in [-0.2, 0) is 9.84 Å². The molecule has 3 rings (SSSR count). The Kier molecular flexibility index (Phi) is 5.35. The zero-order chi connectivity index (χ0) is 20.6. The molecule has 0 saturated heterocycles. The van der Waals surface area contributed by atoms with Crippen molar-refractivity contribution in [1.29, 1.82) is 0 Å². The number of amides is 2. The summed E-state index contributed by atoms with van der Waals surface area (Å²) in [6, 6.07) is 3.81. The molecular weight excluding hydrogens is 404 g/mol. The van der Waals surface area contributed by atoms with E-state index in [0.717, 1.165) is 22.5 Å². The highest BCUT2D eigenvalue weighted by Crippen LogP contribution is 2.39. The SMILES string of the molecule is CCOc1cc([C@@H](CS(C)(=O)=O)N2C(=O)c3csc(N)c3C2=O)ccc1OC. The largest absolute Gasteiger partial charge is 0.493 e. The number of carbonyl (C=O) groups is 2. The number of thiophene rings is 1. The lowest BCUT2D eigenvalue weighted by molar-refractivity contribution is 0.0597. The molecule has 150 valence electrons. The second kappa shape index (κ2) is 7.44. The molecule has 2 aromatic rings. The highest BCUT2D eigenvalue weighted by Gasteiger charge is 2.44. The van der Waals surface area contributed by atoms with Crippen LogP contribution in [0.1, 0.15) is 39.2 Å². The van der Waals surface area contributed by atoms with E-state index >= 15 is 0 Å². The number of methoxy groups -OCH3 is 1. The number of benzene rings is 1. The summed E-state index contributed by atoms with van der Waals surface area (Å²) in [6.07, 6.45) is 1.06. The first kappa shape index (κ1) is 20.2. The summed E-state index contributed by atoms with van der Waals surface area (Å²) in [5.41, 5.74) is 6.62. The number of fused-ring (bicyclic) bond motifs is 1. The minimum Gasteiger partial charge on any atom is -0.493 e. The van der Waals surface area contributed by atoms with Crippen molar-refractivity contribution in [3.63, 3.8) is 0 Å². The summed E-state index contributed by atoms with van der Waals surface area (Å²) in [4.78, 5) is 26.7. The van der Waals surface area contributed by atoms with Gasteiger partial charge in [0.25, 0.3) is 11.8 Å². The fourth-order valence-electron chi connectivity index (χ4n) is 3.15. The molecule has 1 aromatic heterocycles. The molecule has 2 N–H and O–H groups in total. The minimum absolute atomic E-state index is 0.132. The van der Waals surface area contributed by atoms with Crippen LogP contribution in [0.3, 0.4) is 0 Å². The molecule has 2 amide bonds. The van der Waals surface area contributed by atoms with Crippen molar-refractivity contribution < 1.29 is 27.5 Å². The Morgan fingerprint density at radius 3 is 2.50 bits per heavy atom. The summed E-state index contributed by atoms with van der Waals surface area (Å²) in [5.74, 6) is -0.716. The third kappa shape index (κ3) is 3.57. The second-order valence-corrected chi connectivity index (χ2v) is 9.42. The number of carbonyl (C=O) groups excluding carboxylic acids is 2. The van der Waals surface area contributed by atoms with E-state index in [-0.39, 0.29) is 16.1 Å². The maximum absolute atomic E-state index is 12.9. The standard InChI is InChI=1S/C18H20N2O6S2/c1-4-26-14-7-10(5-6-13(14)25-2)12(9-28(3,23)24)20-17(21)11-8-27-16(19)15(11)18(20)22/h5-8,12H,4,9,19H2,1-3H3/t12-/m1/s1. The van der Waals surface area contributed by atoms with E-state index in [2.05, 4.69) is 0 Å². The van der Waals surface area contributed by atoms with E-state index in [1.165, 1.54) is 12.5 Å². The number of nitrogens with zero attached hydrogens (tertiary/aromatic N) is 1. The van der Waals surface area contributed by atoms with Crippen molar-refractivity contribution in [1.82, 2.24) is 4.90 Å². The molecule has 0 saturated carbocycles. The molecule has 0 bridgehead atoms. The van der Waals surface area contributed by atoms with Gasteiger partial charge in [0.15, 0.2) is 11.5 Å². The molecule has 28 heavy (non-hydrogen) atoms. The van der Waals surface area contributed by atoms with E-state index < -0.39 is 33.4 Å². The zero-order valence-corrected chi connectivity index (χ0v) is 17.2. The molecule has 0 radical (unpaired) electrons. The van der Waals surface area contributed by atoms with Gasteiger partial charge in [0.05, 0.1) is 41.6 Å². The number of rotatable bonds is 7. The first-order valence-electron chi connectivity index (χ1n) is 8.41. The normalized spacial score (nSPS) is 14.9. The number of sulfone groups is 1. The number of imide groups is 1. The lowest BCUT2D eigenvalue weighted by Gasteiger charge is -2.27. The van der Waals surface area contributed by atoms with Gasteiger partial charge >= 0.3 is 0 Å². The van der Waals surface area contributed by atoms with Gasteiger partial charge < -0.3 is 15.2 Å². The van der Waals surface area contributed by atoms with E-state index in [0.29, 0.717) is 23.7 Å². The maximum atomic E-state index is 12.9. The van der Waals surface area contributed by atoms with Crippen LogP contribution in [0.15, 0.2) is 23.6 Å². The molecule has 8 nitrogen and oxygen atoms in total. The highest BCUT2D eigenvalue weighted by molar-refractivity contribution is 7.90. The molecule has 0 unspecified atom stereocenters. The topological polar surface area (TPSA) is 116 Å². The first-order chi connectivity index (χ1) is 13.2. The Morgan fingerprint density at radius 1 is 1.21 bits per heavy atom. The fourth-order valence-corrected chi connectivity index (χ4v) is 4.85. The zero-order valence-electron chi connectivity index (χ0n) is 15.6. The molecule has 1 aliphatic rings. The summed E-state index contributed by atoms with van der Waals surface area (Å²) in [6.45, 7) is 2.17. The van der Waals surface area contributed by atoms with Gasteiger partial charge in [0.1, 0.15) is 9.84 Å². The Bertz CT molecular complexity index is 1040. The highest BCUT2D eigenvalue weighted by atomic mass is 32.2. The van der Waals surface area contributed by atoms with E-state index in [1.54, 1.807) is 25.1 Å². The maximum Gasteiger partial charge on any atom is 0.265 e. The third-order valence-corrected chi connectivity index (χ3v) is 6.08. The third-order valence-electron chi connectivity index (χ3n) is 4.35. The predicted octanol–water partition coefficient (Wildman–Crippen LogP) is 2.12. The van der Waals surface area contributed by atoms with Gasteiger partial charge in [-0.1, -0.05) is 6.07 Å². The van der Waals surface area contributed by atoms with Crippen molar-refractivity contribution in [2.24, 2.45) is 0 Å². The van der Waals surface area contributed by atoms with Gasteiger partial charge in [-0.2, -0.15) is 0 Å². The average molecular weight is 425 g/mol. The summed E-state index contributed by atoms with van der Waals surface area (Å²) in [7, 11) is -2.04. The molecule has 1 aromatic carbocycles. The van der Waals surface area contributed by atoms with Gasteiger partial charge in [-0.15, -0.1) is 11.3 Å². The number of hydrogen-bond acceptors (Lipinski definition) is 8. The summed E-state index contributed by atoms with van der Waals surface area (Å²) in [5, 5.41) is 1.75. The Hall–Kier alpha value is -2.59. The van der Waals surface area contributed by atoms with Gasteiger partial charge in [-0.3, -0.25) is 14.5 Å². The number of ether oxygens (including phenoxy) is 2. The monoisotopic (exact) mass is 424 g/mol. The number of nitrogens with two attached hydrogens (primary N) is 1. The summed E-state index contributed by atoms with van der Waals surface area (Å²) < 4.78 is 34.9. The molecular formula is C18H20N2O6S2. The molecule has 1 atom stereocenters. The second-order valence-electron chi connectivity index (χ2n) is 6.32. The van der Waals surface area contributed by atoms with Crippen LogP contribution in [0.2, 0.25) is 0 Å². The van der Waals surface area contributed by atoms with Crippen LogP contribution in [0.5, 0.6) is 11.5 Å². The van der Waals surface area contributed by atoms with Crippen molar-refractivity contribution >= 4 is 38.0 Å². The minimum atomic E-state index is -3.52. The van der Waals surface area contributed by atoms with Crippen LogP contribution in [0.25, 0.3) is 0 Å². The molecule has 0 spiro atoms. The van der Waals surface area contributed by atoms with E-state index in [1.807, 2.05) is 0 Å². The Morgan fingerprint density at radius 2 is 1.93 bits per heavy atom. The van der Waals surface area contributed by atoms with Gasteiger partial charge in [-0.05, 0) is 24.6 Å². The quantitative estimate of drug-likeness (QED) is 0.677. The van der Waals surface area contributed by atoms with Gasteiger partial charge in [-0.25, -0.2) is 8.42 Å². The van der Waals surface area contributed by atoms with Crippen molar-refractivity contribution in [3.05, 3.63) is 40.3 Å². The lowest BCUT2D eigenvalue weighted by atomic mass is 10.1. The van der Waals surface area contributed by atoms with Crippen LogP contribution in [-0.4, -0.2) is 50.9 Å². The van der Waals surface area contributed by atoms with E-state index in [4.69, 9.17) is 15.2 Å².